The molecular weight excluding hydrogens is 212 g/mol. The van der Waals surface area contributed by atoms with Gasteiger partial charge in [0.25, 0.3) is 0 Å². The summed E-state index contributed by atoms with van der Waals surface area (Å²) in [4.78, 5) is 12.0. The second-order valence-corrected chi connectivity index (χ2v) is 7.23. The molecule has 1 atom stereocenters. The molecule has 1 unspecified atom stereocenters. The van der Waals surface area contributed by atoms with Gasteiger partial charge in [0.15, 0.2) is 0 Å². The van der Waals surface area contributed by atoms with Gasteiger partial charge in [0, 0.05) is 12.0 Å². The van der Waals surface area contributed by atoms with Gasteiger partial charge < -0.3 is 10.6 Å². The molecule has 0 aliphatic carbocycles. The second kappa shape index (κ2) is 5.38. The Bertz CT molecular complexity index is 260. The van der Waals surface area contributed by atoms with Crippen LogP contribution >= 0.6 is 0 Å². The fourth-order valence-electron chi connectivity index (χ4n) is 2.95. The number of carbonyl (C=O) groups excluding carboxylic acids is 1. The van der Waals surface area contributed by atoms with Crippen molar-refractivity contribution in [2.75, 3.05) is 13.1 Å². The van der Waals surface area contributed by atoms with E-state index in [1.807, 2.05) is 0 Å². The van der Waals surface area contributed by atoms with Crippen molar-refractivity contribution in [3.63, 3.8) is 0 Å². The first kappa shape index (κ1) is 14.5. The summed E-state index contributed by atoms with van der Waals surface area (Å²) in [5.74, 6) is 0.730. The SMILES string of the molecule is CC(C)(C)CC(C)(C)NC(=O)CC1CCNC1. The van der Waals surface area contributed by atoms with E-state index in [1.165, 1.54) is 0 Å². The molecular formula is C14H28N2O. The van der Waals surface area contributed by atoms with Crippen LogP contribution in [0.1, 0.15) is 53.9 Å². The summed E-state index contributed by atoms with van der Waals surface area (Å²) in [5, 5.41) is 6.47. The molecule has 1 fully saturated rings. The van der Waals surface area contributed by atoms with Gasteiger partial charge in [-0.25, -0.2) is 0 Å². The van der Waals surface area contributed by atoms with Crippen LogP contribution in [-0.4, -0.2) is 24.5 Å². The van der Waals surface area contributed by atoms with E-state index in [1.54, 1.807) is 0 Å². The highest BCUT2D eigenvalue weighted by molar-refractivity contribution is 5.77. The first-order valence-corrected chi connectivity index (χ1v) is 6.70. The first-order chi connectivity index (χ1) is 7.68. The molecule has 2 N–H and O–H groups in total. The van der Waals surface area contributed by atoms with Crippen LogP contribution in [0, 0.1) is 11.3 Å². The average molecular weight is 240 g/mol. The zero-order chi connectivity index (χ0) is 13.1. The molecule has 3 heteroatoms. The minimum atomic E-state index is -0.110. The Labute approximate surface area is 106 Å². The number of carbonyl (C=O) groups is 1. The third kappa shape index (κ3) is 6.06. The number of hydrogen-bond donors (Lipinski definition) is 2. The fraction of sp³-hybridized carbons (Fsp3) is 0.929. The van der Waals surface area contributed by atoms with Crippen LogP contribution in [0.4, 0.5) is 0 Å². The summed E-state index contributed by atoms with van der Waals surface area (Å²) in [5.41, 5.74) is 0.132. The summed E-state index contributed by atoms with van der Waals surface area (Å²) in [6, 6.07) is 0. The summed E-state index contributed by atoms with van der Waals surface area (Å²) in [7, 11) is 0. The average Bonchev–Trinajstić information content (AvgIpc) is 2.49. The zero-order valence-corrected chi connectivity index (χ0v) is 12.0. The van der Waals surface area contributed by atoms with Gasteiger partial charge in [-0.3, -0.25) is 4.79 Å². The van der Waals surface area contributed by atoms with Crippen LogP contribution < -0.4 is 10.6 Å². The van der Waals surface area contributed by atoms with Gasteiger partial charge in [-0.15, -0.1) is 0 Å². The van der Waals surface area contributed by atoms with E-state index in [2.05, 4.69) is 45.3 Å². The van der Waals surface area contributed by atoms with Gasteiger partial charge in [0.2, 0.25) is 5.91 Å². The van der Waals surface area contributed by atoms with Gasteiger partial charge in [-0.05, 0) is 51.1 Å². The highest BCUT2D eigenvalue weighted by Gasteiger charge is 2.28. The van der Waals surface area contributed by atoms with Crippen molar-refractivity contribution in [3.05, 3.63) is 0 Å². The Balaban J connectivity index is 2.38. The maximum atomic E-state index is 12.0. The molecule has 0 aromatic carbocycles. The third-order valence-electron chi connectivity index (χ3n) is 3.09. The second-order valence-electron chi connectivity index (χ2n) is 7.23. The molecule has 1 heterocycles. The third-order valence-corrected chi connectivity index (χ3v) is 3.09. The summed E-state index contributed by atoms with van der Waals surface area (Å²) in [6.45, 7) is 12.9. The van der Waals surface area contributed by atoms with E-state index in [9.17, 15) is 4.79 Å². The van der Waals surface area contributed by atoms with E-state index < -0.39 is 0 Å². The van der Waals surface area contributed by atoms with E-state index in [0.717, 1.165) is 25.9 Å². The highest BCUT2D eigenvalue weighted by atomic mass is 16.1. The number of amides is 1. The largest absolute Gasteiger partial charge is 0.351 e. The van der Waals surface area contributed by atoms with E-state index >= 15 is 0 Å². The predicted octanol–water partition coefficient (Wildman–Crippen LogP) is 2.32. The molecule has 0 bridgehead atoms. The topological polar surface area (TPSA) is 41.1 Å². The molecule has 0 radical (unpaired) electrons. The molecule has 3 nitrogen and oxygen atoms in total. The smallest absolute Gasteiger partial charge is 0.220 e. The summed E-state index contributed by atoms with van der Waals surface area (Å²) in [6.07, 6.45) is 2.79. The minimum absolute atomic E-state index is 0.110. The van der Waals surface area contributed by atoms with Gasteiger partial charge in [-0.1, -0.05) is 20.8 Å². The van der Waals surface area contributed by atoms with Crippen LogP contribution in [0.5, 0.6) is 0 Å². The monoisotopic (exact) mass is 240 g/mol. The van der Waals surface area contributed by atoms with E-state index in [0.29, 0.717) is 12.3 Å². The molecule has 0 saturated carbocycles. The normalized spacial score (nSPS) is 21.6. The first-order valence-electron chi connectivity index (χ1n) is 6.70. The lowest BCUT2D eigenvalue weighted by Crippen LogP contribution is -2.46. The Morgan fingerprint density at radius 2 is 1.94 bits per heavy atom. The molecule has 0 aromatic heterocycles. The van der Waals surface area contributed by atoms with Crippen LogP contribution in [0.15, 0.2) is 0 Å². The molecule has 1 aliphatic heterocycles. The number of hydrogen-bond acceptors (Lipinski definition) is 2. The Kier molecular flexibility index (Phi) is 4.59. The molecule has 0 aromatic rings. The van der Waals surface area contributed by atoms with E-state index in [4.69, 9.17) is 0 Å². The Morgan fingerprint density at radius 3 is 2.41 bits per heavy atom. The standard InChI is InChI=1S/C14H28N2O/c1-13(2,3)10-14(4,5)16-12(17)8-11-6-7-15-9-11/h11,15H,6-10H2,1-5H3,(H,16,17). The van der Waals surface area contributed by atoms with Crippen molar-refractivity contribution in [3.8, 4) is 0 Å². The van der Waals surface area contributed by atoms with Crippen molar-refractivity contribution in [2.24, 2.45) is 11.3 Å². The molecule has 1 aliphatic rings. The fourth-order valence-corrected chi connectivity index (χ4v) is 2.95. The summed E-state index contributed by atoms with van der Waals surface area (Å²) < 4.78 is 0. The van der Waals surface area contributed by atoms with Crippen molar-refractivity contribution in [2.45, 2.75) is 59.4 Å². The zero-order valence-electron chi connectivity index (χ0n) is 12.0. The lowest BCUT2D eigenvalue weighted by molar-refractivity contribution is -0.123. The van der Waals surface area contributed by atoms with Crippen molar-refractivity contribution in [1.29, 1.82) is 0 Å². The quantitative estimate of drug-likeness (QED) is 0.792. The minimum Gasteiger partial charge on any atom is -0.351 e. The molecule has 17 heavy (non-hydrogen) atoms. The lowest BCUT2D eigenvalue weighted by Gasteiger charge is -2.33. The van der Waals surface area contributed by atoms with Crippen LogP contribution in [0.3, 0.4) is 0 Å². The summed E-state index contributed by atoms with van der Waals surface area (Å²) >= 11 is 0. The van der Waals surface area contributed by atoms with Crippen molar-refractivity contribution >= 4 is 5.91 Å². The van der Waals surface area contributed by atoms with Gasteiger partial charge in [0.1, 0.15) is 0 Å². The molecule has 1 saturated heterocycles. The van der Waals surface area contributed by atoms with Crippen molar-refractivity contribution < 1.29 is 4.79 Å². The lowest BCUT2D eigenvalue weighted by atomic mass is 9.81. The van der Waals surface area contributed by atoms with Gasteiger partial charge >= 0.3 is 0 Å². The predicted molar refractivity (Wildman–Crippen MR) is 71.9 cm³/mol. The van der Waals surface area contributed by atoms with Crippen molar-refractivity contribution in [1.82, 2.24) is 10.6 Å². The number of rotatable bonds is 4. The molecule has 0 spiro atoms. The van der Waals surface area contributed by atoms with Gasteiger partial charge in [-0.2, -0.15) is 0 Å². The molecule has 1 amide bonds. The van der Waals surface area contributed by atoms with Gasteiger partial charge in [0.05, 0.1) is 0 Å². The molecule has 1 rings (SSSR count). The molecule has 100 valence electrons. The maximum absolute atomic E-state index is 12.0. The number of nitrogens with one attached hydrogen (secondary N) is 2. The van der Waals surface area contributed by atoms with Crippen LogP contribution in [0.25, 0.3) is 0 Å². The maximum Gasteiger partial charge on any atom is 0.220 e. The Morgan fingerprint density at radius 1 is 1.29 bits per heavy atom. The van der Waals surface area contributed by atoms with Crippen LogP contribution in [-0.2, 0) is 4.79 Å². The van der Waals surface area contributed by atoms with Crippen LogP contribution in [0.2, 0.25) is 0 Å². The Hall–Kier alpha value is -0.570. The highest BCUT2D eigenvalue weighted by Crippen LogP contribution is 2.27. The van der Waals surface area contributed by atoms with E-state index in [-0.39, 0.29) is 16.9 Å².